The fourth-order valence-corrected chi connectivity index (χ4v) is 1.49. The van der Waals surface area contributed by atoms with Crippen LogP contribution in [0.2, 0.25) is 0 Å². The van der Waals surface area contributed by atoms with E-state index in [1.807, 2.05) is 0 Å². The molecule has 0 aliphatic heterocycles. The van der Waals surface area contributed by atoms with E-state index in [1.54, 1.807) is 0 Å². The number of aromatic carboxylic acids is 1. The molecule has 2 amide bonds. The third-order valence-electron chi connectivity index (χ3n) is 2.65. The molecule has 0 bridgehead atoms. The van der Waals surface area contributed by atoms with Gasteiger partial charge in [0.25, 0.3) is 0 Å². The van der Waals surface area contributed by atoms with Crippen LogP contribution in [0, 0.1) is 5.41 Å². The van der Waals surface area contributed by atoms with E-state index in [4.69, 9.17) is 5.11 Å². The Hall–Kier alpha value is -2.11. The Bertz CT molecular complexity index is 481. The number of carbonyl (C=O) groups is 2. The number of nitrogens with one attached hydrogen (secondary N) is 2. The molecule has 0 saturated carbocycles. The molecule has 1 aromatic heterocycles. The van der Waals surface area contributed by atoms with E-state index >= 15 is 0 Å². The second kappa shape index (κ2) is 6.88. The lowest BCUT2D eigenvalue weighted by molar-refractivity contribution is 0.0696. The normalized spacial score (nSPS) is 10.9. The highest BCUT2D eigenvalue weighted by Gasteiger charge is 2.10. The van der Waals surface area contributed by atoms with Crippen molar-refractivity contribution in [3.8, 4) is 0 Å². The second-order valence-electron chi connectivity index (χ2n) is 5.76. The highest BCUT2D eigenvalue weighted by molar-refractivity contribution is 5.87. The molecule has 6 nitrogen and oxygen atoms in total. The average Bonchev–Trinajstić information content (AvgIpc) is 2.35. The van der Waals surface area contributed by atoms with E-state index in [0.29, 0.717) is 12.2 Å². The van der Waals surface area contributed by atoms with Crippen LogP contribution in [0.25, 0.3) is 0 Å². The predicted molar refractivity (Wildman–Crippen MR) is 75.5 cm³/mol. The molecule has 0 radical (unpaired) electrons. The van der Waals surface area contributed by atoms with E-state index in [2.05, 4.69) is 36.4 Å². The molecule has 3 N–H and O–H groups in total. The van der Waals surface area contributed by atoms with Crippen molar-refractivity contribution in [3.05, 3.63) is 29.6 Å². The van der Waals surface area contributed by atoms with Gasteiger partial charge >= 0.3 is 12.0 Å². The maximum atomic E-state index is 11.6. The van der Waals surface area contributed by atoms with Crippen LogP contribution in [0.4, 0.5) is 4.79 Å². The summed E-state index contributed by atoms with van der Waals surface area (Å²) in [5, 5.41) is 14.3. The maximum absolute atomic E-state index is 11.6. The summed E-state index contributed by atoms with van der Waals surface area (Å²) in [4.78, 5) is 26.4. The Morgan fingerprint density at radius 1 is 1.30 bits per heavy atom. The number of aromatic nitrogens is 1. The van der Waals surface area contributed by atoms with E-state index in [1.165, 1.54) is 18.3 Å². The first-order chi connectivity index (χ1) is 9.28. The highest BCUT2D eigenvalue weighted by Crippen LogP contribution is 2.16. The van der Waals surface area contributed by atoms with Gasteiger partial charge in [-0.3, -0.25) is 4.98 Å². The number of amides is 2. The second-order valence-corrected chi connectivity index (χ2v) is 5.76. The largest absolute Gasteiger partial charge is 0.478 e. The SMILES string of the molecule is CC(C)(C)CCNC(=O)NCc1cc(C(=O)O)ccn1. The van der Waals surface area contributed by atoms with Gasteiger partial charge in [0.05, 0.1) is 17.8 Å². The summed E-state index contributed by atoms with van der Waals surface area (Å²) < 4.78 is 0. The lowest BCUT2D eigenvalue weighted by atomic mass is 9.92. The number of carbonyl (C=O) groups excluding carboxylic acids is 1. The number of hydrogen-bond acceptors (Lipinski definition) is 3. The third kappa shape index (κ3) is 6.17. The summed E-state index contributed by atoms with van der Waals surface area (Å²) in [5.41, 5.74) is 0.839. The van der Waals surface area contributed by atoms with Crippen molar-refractivity contribution in [2.45, 2.75) is 33.7 Å². The van der Waals surface area contributed by atoms with Gasteiger partial charge in [0.2, 0.25) is 0 Å². The van der Waals surface area contributed by atoms with Crippen LogP contribution in [0.1, 0.15) is 43.2 Å². The van der Waals surface area contributed by atoms with Gasteiger partial charge in [0, 0.05) is 12.7 Å². The van der Waals surface area contributed by atoms with Gasteiger partial charge < -0.3 is 15.7 Å². The van der Waals surface area contributed by atoms with Crippen LogP contribution in [-0.4, -0.2) is 28.6 Å². The zero-order valence-corrected chi connectivity index (χ0v) is 12.1. The van der Waals surface area contributed by atoms with Crippen LogP contribution in [0.5, 0.6) is 0 Å². The average molecular weight is 279 g/mol. The first-order valence-electron chi connectivity index (χ1n) is 6.48. The van der Waals surface area contributed by atoms with Crippen molar-refractivity contribution < 1.29 is 14.7 Å². The van der Waals surface area contributed by atoms with Gasteiger partial charge in [-0.1, -0.05) is 20.8 Å². The number of nitrogens with zero attached hydrogens (tertiary/aromatic N) is 1. The predicted octanol–water partition coefficient (Wildman–Crippen LogP) is 2.02. The van der Waals surface area contributed by atoms with Gasteiger partial charge in [-0.2, -0.15) is 0 Å². The summed E-state index contributed by atoms with van der Waals surface area (Å²) in [6.07, 6.45) is 2.30. The van der Waals surface area contributed by atoms with Gasteiger partial charge in [0.15, 0.2) is 0 Å². The topological polar surface area (TPSA) is 91.3 Å². The van der Waals surface area contributed by atoms with Gasteiger partial charge in [-0.15, -0.1) is 0 Å². The Balaban J connectivity index is 2.37. The van der Waals surface area contributed by atoms with Crippen molar-refractivity contribution in [2.24, 2.45) is 5.41 Å². The van der Waals surface area contributed by atoms with Crippen LogP contribution >= 0.6 is 0 Å². The monoisotopic (exact) mass is 279 g/mol. The molecule has 1 rings (SSSR count). The van der Waals surface area contributed by atoms with Crippen molar-refractivity contribution >= 4 is 12.0 Å². The zero-order chi connectivity index (χ0) is 15.2. The van der Waals surface area contributed by atoms with Gasteiger partial charge in [0.1, 0.15) is 0 Å². The van der Waals surface area contributed by atoms with Crippen molar-refractivity contribution in [1.29, 1.82) is 0 Å². The Morgan fingerprint density at radius 2 is 2.00 bits per heavy atom. The molecule has 6 heteroatoms. The van der Waals surface area contributed by atoms with Crippen LogP contribution in [-0.2, 0) is 6.54 Å². The molecule has 0 aliphatic carbocycles. The molecule has 0 saturated heterocycles. The minimum Gasteiger partial charge on any atom is -0.478 e. The summed E-state index contributed by atoms with van der Waals surface area (Å²) >= 11 is 0. The number of pyridine rings is 1. The lowest BCUT2D eigenvalue weighted by Crippen LogP contribution is -2.36. The van der Waals surface area contributed by atoms with Crippen LogP contribution in [0.3, 0.4) is 0 Å². The van der Waals surface area contributed by atoms with Crippen molar-refractivity contribution in [2.75, 3.05) is 6.54 Å². The smallest absolute Gasteiger partial charge is 0.335 e. The highest BCUT2D eigenvalue weighted by atomic mass is 16.4. The molecule has 0 atom stereocenters. The van der Waals surface area contributed by atoms with Gasteiger partial charge in [-0.05, 0) is 24.0 Å². The Morgan fingerprint density at radius 3 is 2.60 bits per heavy atom. The van der Waals surface area contributed by atoms with Crippen molar-refractivity contribution in [1.82, 2.24) is 15.6 Å². The van der Waals surface area contributed by atoms with E-state index in [-0.39, 0.29) is 23.6 Å². The lowest BCUT2D eigenvalue weighted by Gasteiger charge is -2.18. The molecule has 0 spiro atoms. The van der Waals surface area contributed by atoms with E-state index in [9.17, 15) is 9.59 Å². The molecule has 110 valence electrons. The van der Waals surface area contributed by atoms with Gasteiger partial charge in [-0.25, -0.2) is 9.59 Å². The van der Waals surface area contributed by atoms with Crippen LogP contribution in [0.15, 0.2) is 18.3 Å². The fraction of sp³-hybridized carbons (Fsp3) is 0.500. The number of carboxylic acid groups (broad SMARTS) is 1. The molecule has 0 aliphatic rings. The number of urea groups is 1. The quantitative estimate of drug-likeness (QED) is 0.769. The van der Waals surface area contributed by atoms with Crippen LogP contribution < -0.4 is 10.6 Å². The first kappa shape index (κ1) is 15.9. The number of rotatable bonds is 5. The van der Waals surface area contributed by atoms with E-state index < -0.39 is 5.97 Å². The molecule has 0 fully saturated rings. The zero-order valence-electron chi connectivity index (χ0n) is 12.1. The summed E-state index contributed by atoms with van der Waals surface area (Å²) in [7, 11) is 0. The number of hydrogen-bond donors (Lipinski definition) is 3. The minimum atomic E-state index is -1.01. The minimum absolute atomic E-state index is 0.157. The first-order valence-corrected chi connectivity index (χ1v) is 6.48. The Labute approximate surface area is 118 Å². The molecule has 0 unspecified atom stereocenters. The summed E-state index contributed by atoms with van der Waals surface area (Å²) in [5.74, 6) is -1.01. The summed E-state index contributed by atoms with van der Waals surface area (Å²) in [6.45, 7) is 7.11. The molecule has 0 aromatic carbocycles. The molecular formula is C14H21N3O3. The molecular weight excluding hydrogens is 258 g/mol. The molecule has 1 heterocycles. The van der Waals surface area contributed by atoms with E-state index in [0.717, 1.165) is 6.42 Å². The van der Waals surface area contributed by atoms with Crippen molar-refractivity contribution in [3.63, 3.8) is 0 Å². The summed E-state index contributed by atoms with van der Waals surface area (Å²) in [6, 6.07) is 2.57. The maximum Gasteiger partial charge on any atom is 0.335 e. The Kier molecular flexibility index (Phi) is 5.49. The third-order valence-corrected chi connectivity index (χ3v) is 2.65. The molecule has 20 heavy (non-hydrogen) atoms. The fourth-order valence-electron chi connectivity index (χ4n) is 1.49. The standard InChI is InChI=1S/C14H21N3O3/c1-14(2,3)5-7-16-13(20)17-9-11-8-10(12(18)19)4-6-15-11/h4,6,8H,5,7,9H2,1-3H3,(H,18,19)(H2,16,17,20). The molecule has 1 aromatic rings. The number of carboxylic acids is 1.